The van der Waals surface area contributed by atoms with Gasteiger partial charge in [0.25, 0.3) is 0 Å². The van der Waals surface area contributed by atoms with Gasteiger partial charge in [0, 0.05) is 28.9 Å². The van der Waals surface area contributed by atoms with Crippen LogP contribution < -0.4 is 14.5 Å². The minimum atomic E-state index is -0.738. The first-order valence-corrected chi connectivity index (χ1v) is 14.9. The maximum Gasteiger partial charge on any atom is 0.308 e. The van der Waals surface area contributed by atoms with Gasteiger partial charge in [-0.15, -0.1) is 0 Å². The maximum atomic E-state index is 13.9. The summed E-state index contributed by atoms with van der Waals surface area (Å²) in [6.07, 6.45) is 3.01. The van der Waals surface area contributed by atoms with Gasteiger partial charge in [-0.05, 0) is 61.2 Å². The highest BCUT2D eigenvalue weighted by atomic mass is 35.5. The van der Waals surface area contributed by atoms with E-state index in [-0.39, 0.29) is 29.1 Å². The molecule has 2 aromatic carbocycles. The lowest BCUT2D eigenvalue weighted by atomic mass is 9.83. The van der Waals surface area contributed by atoms with Gasteiger partial charge in [0.15, 0.2) is 0 Å². The van der Waals surface area contributed by atoms with Crippen molar-refractivity contribution in [3.05, 3.63) is 73.7 Å². The van der Waals surface area contributed by atoms with Crippen molar-refractivity contribution in [2.45, 2.75) is 42.0 Å². The van der Waals surface area contributed by atoms with E-state index < -0.39 is 17.1 Å². The molecule has 3 amide bonds. The van der Waals surface area contributed by atoms with Gasteiger partial charge in [0.1, 0.15) is 17.5 Å². The van der Waals surface area contributed by atoms with Gasteiger partial charge in [-0.3, -0.25) is 23.7 Å². The first-order chi connectivity index (χ1) is 18.9. The van der Waals surface area contributed by atoms with Crippen LogP contribution in [0.2, 0.25) is 5.02 Å². The van der Waals surface area contributed by atoms with Crippen LogP contribution in [0.1, 0.15) is 35.6 Å². The maximum absolute atomic E-state index is 13.9. The van der Waals surface area contributed by atoms with Gasteiger partial charge in [0.2, 0.25) is 17.7 Å². The Kier molecular flexibility index (Phi) is 7.03. The molecule has 0 saturated carbocycles. The SMILES string of the molecule is COc1ccc([C@@H]2c3sc(=O)n(CC(=O)N4CCCCC4)c3SC3C(=O)N(c4ccc(Cl)cc4)C(=O)C32)cc1. The highest BCUT2D eigenvalue weighted by Gasteiger charge is 2.56. The number of anilines is 1. The smallest absolute Gasteiger partial charge is 0.308 e. The molecule has 0 aliphatic carbocycles. The molecule has 39 heavy (non-hydrogen) atoms. The van der Waals surface area contributed by atoms with Crippen LogP contribution >= 0.6 is 34.7 Å². The summed E-state index contributed by atoms with van der Waals surface area (Å²) in [4.78, 5) is 57.6. The third-order valence-electron chi connectivity index (χ3n) is 7.61. The summed E-state index contributed by atoms with van der Waals surface area (Å²) < 4.78 is 6.82. The molecule has 3 aromatic rings. The molecule has 1 aromatic heterocycles. The molecule has 3 atom stereocenters. The summed E-state index contributed by atoms with van der Waals surface area (Å²) in [7, 11) is 1.58. The van der Waals surface area contributed by atoms with Gasteiger partial charge in [-0.25, -0.2) is 4.90 Å². The van der Waals surface area contributed by atoms with Crippen LogP contribution in [-0.4, -0.2) is 52.6 Å². The number of carbonyl (C=O) groups is 3. The number of rotatable bonds is 5. The molecule has 2 unspecified atom stereocenters. The second-order valence-electron chi connectivity index (χ2n) is 9.87. The first kappa shape index (κ1) is 26.2. The molecule has 0 radical (unpaired) electrons. The van der Waals surface area contributed by atoms with Crippen LogP contribution in [0.15, 0.2) is 58.4 Å². The van der Waals surface area contributed by atoms with Crippen LogP contribution in [0, 0.1) is 5.92 Å². The lowest BCUT2D eigenvalue weighted by Crippen LogP contribution is -2.39. The minimum absolute atomic E-state index is 0.0760. The van der Waals surface area contributed by atoms with Crippen LogP contribution in [-0.2, 0) is 20.9 Å². The average molecular weight is 584 g/mol. The lowest BCUT2D eigenvalue weighted by molar-refractivity contribution is -0.133. The molecule has 6 rings (SSSR count). The van der Waals surface area contributed by atoms with E-state index in [1.54, 1.807) is 31.4 Å². The number of amides is 3. The molecular weight excluding hydrogens is 558 g/mol. The summed E-state index contributed by atoms with van der Waals surface area (Å²) in [5.74, 6) is -1.32. The number of thioether (sulfide) groups is 1. The summed E-state index contributed by atoms with van der Waals surface area (Å²) in [6, 6.07) is 14.0. The van der Waals surface area contributed by atoms with Crippen molar-refractivity contribution in [3.63, 3.8) is 0 Å². The summed E-state index contributed by atoms with van der Waals surface area (Å²) >= 11 is 8.33. The molecule has 3 aliphatic heterocycles. The van der Waals surface area contributed by atoms with Crippen molar-refractivity contribution in [2.24, 2.45) is 5.92 Å². The third kappa shape index (κ3) is 4.58. The summed E-state index contributed by atoms with van der Waals surface area (Å²) in [6.45, 7) is 1.30. The van der Waals surface area contributed by atoms with E-state index in [2.05, 4.69) is 0 Å². The van der Waals surface area contributed by atoms with Crippen LogP contribution in [0.5, 0.6) is 5.75 Å². The predicted octanol–water partition coefficient (Wildman–Crippen LogP) is 4.38. The zero-order valence-electron chi connectivity index (χ0n) is 21.2. The van der Waals surface area contributed by atoms with Crippen LogP contribution in [0.4, 0.5) is 5.69 Å². The number of hydrogen-bond acceptors (Lipinski definition) is 7. The van der Waals surface area contributed by atoms with Crippen molar-refractivity contribution in [2.75, 3.05) is 25.1 Å². The fourth-order valence-electron chi connectivity index (χ4n) is 5.65. The Labute approximate surface area is 238 Å². The fourth-order valence-corrected chi connectivity index (χ4v) is 8.55. The Hall–Kier alpha value is -3.08. The summed E-state index contributed by atoms with van der Waals surface area (Å²) in [5.41, 5.74) is 1.26. The standard InChI is InChI=1S/C28H26ClN3O5S2/c1-37-19-11-5-16(6-12-19)21-22-23(26(35)32(25(22)34)18-9-7-17(29)8-10-18)38-27-24(21)39-28(36)31(27)15-20(33)30-13-3-2-4-14-30/h5-12,21-23H,2-4,13-15H2,1H3/t21-,22?,23?/m0/s1. The number of hydrogen-bond donors (Lipinski definition) is 0. The Morgan fingerprint density at radius 2 is 1.67 bits per heavy atom. The Morgan fingerprint density at radius 3 is 2.33 bits per heavy atom. The van der Waals surface area contributed by atoms with Gasteiger partial charge < -0.3 is 9.64 Å². The number of likely N-dealkylation sites (tertiary alicyclic amines) is 1. The van der Waals surface area contributed by atoms with Crippen molar-refractivity contribution >= 4 is 58.1 Å². The quantitative estimate of drug-likeness (QED) is 0.414. The Bertz CT molecular complexity index is 1490. The van der Waals surface area contributed by atoms with E-state index in [1.807, 2.05) is 29.2 Å². The highest BCUT2D eigenvalue weighted by Crippen LogP contribution is 2.54. The number of nitrogens with zero attached hydrogens (tertiary/aromatic N) is 3. The van der Waals surface area contributed by atoms with Crippen molar-refractivity contribution < 1.29 is 19.1 Å². The van der Waals surface area contributed by atoms with E-state index >= 15 is 0 Å². The number of fused-ring (bicyclic) bond motifs is 2. The second-order valence-corrected chi connectivity index (χ2v) is 12.4. The molecule has 11 heteroatoms. The molecular formula is C28H26ClN3O5S2. The largest absolute Gasteiger partial charge is 0.497 e. The molecule has 2 fully saturated rings. The van der Waals surface area contributed by atoms with E-state index in [1.165, 1.54) is 21.2 Å². The minimum Gasteiger partial charge on any atom is -0.497 e. The lowest BCUT2D eigenvalue weighted by Gasteiger charge is -2.31. The molecule has 2 saturated heterocycles. The molecule has 0 bridgehead atoms. The molecule has 0 spiro atoms. The summed E-state index contributed by atoms with van der Waals surface area (Å²) in [5, 5.41) is 0.361. The van der Waals surface area contributed by atoms with Gasteiger partial charge in [-0.1, -0.05) is 46.8 Å². The van der Waals surface area contributed by atoms with E-state index in [0.717, 1.165) is 36.2 Å². The highest BCUT2D eigenvalue weighted by molar-refractivity contribution is 8.00. The number of aromatic nitrogens is 1. The number of halogens is 1. The van der Waals surface area contributed by atoms with E-state index in [0.29, 0.717) is 39.5 Å². The van der Waals surface area contributed by atoms with Crippen molar-refractivity contribution in [1.29, 1.82) is 0 Å². The number of carbonyl (C=O) groups excluding carboxylic acids is 3. The first-order valence-electron chi connectivity index (χ1n) is 12.8. The number of thiazole rings is 1. The zero-order chi connectivity index (χ0) is 27.3. The fraction of sp³-hybridized carbons (Fsp3) is 0.357. The van der Waals surface area contributed by atoms with E-state index in [9.17, 15) is 19.2 Å². The van der Waals surface area contributed by atoms with Gasteiger partial charge >= 0.3 is 4.87 Å². The number of imide groups is 1. The number of methoxy groups -OCH3 is 1. The molecule has 4 heterocycles. The second kappa shape index (κ2) is 10.5. The molecule has 0 N–H and O–H groups in total. The number of ether oxygens (including phenoxy) is 1. The normalized spacial score (nSPS) is 22.6. The van der Waals surface area contributed by atoms with Gasteiger partial charge in [-0.2, -0.15) is 0 Å². The number of piperidine rings is 1. The topological polar surface area (TPSA) is 88.9 Å². The van der Waals surface area contributed by atoms with Crippen LogP contribution in [0.25, 0.3) is 0 Å². The van der Waals surface area contributed by atoms with E-state index in [4.69, 9.17) is 16.3 Å². The van der Waals surface area contributed by atoms with Crippen molar-refractivity contribution in [3.8, 4) is 5.75 Å². The van der Waals surface area contributed by atoms with Gasteiger partial charge in [0.05, 0.1) is 23.7 Å². The molecule has 8 nitrogen and oxygen atoms in total. The Balaban J connectivity index is 1.43. The predicted molar refractivity (Wildman–Crippen MR) is 151 cm³/mol. The van der Waals surface area contributed by atoms with Crippen molar-refractivity contribution in [1.82, 2.24) is 9.47 Å². The average Bonchev–Trinajstić information content (AvgIpc) is 3.40. The van der Waals surface area contributed by atoms with Crippen LogP contribution in [0.3, 0.4) is 0 Å². The number of benzene rings is 2. The molecule has 202 valence electrons. The third-order valence-corrected chi connectivity index (χ3v) is 10.5. The zero-order valence-corrected chi connectivity index (χ0v) is 23.6. The monoisotopic (exact) mass is 583 g/mol. The Morgan fingerprint density at radius 1 is 0.974 bits per heavy atom. The molecule has 3 aliphatic rings.